The molecule has 0 saturated carbocycles. The van der Waals surface area contributed by atoms with Gasteiger partial charge < -0.3 is 14.8 Å². The van der Waals surface area contributed by atoms with E-state index >= 15 is 0 Å². The Bertz CT molecular complexity index is 1590. The van der Waals surface area contributed by atoms with Gasteiger partial charge in [-0.3, -0.25) is 24.3 Å². The number of H-pyrrole nitrogens is 2. The van der Waals surface area contributed by atoms with E-state index < -0.39 is 0 Å². The predicted octanol–water partition coefficient (Wildman–Crippen LogP) is 1.81. The van der Waals surface area contributed by atoms with Crippen LogP contribution in [0.15, 0.2) is 64.3 Å². The number of hydrogen-bond acceptors (Lipinski definition) is 5. The monoisotopic (exact) mass is 498 g/mol. The van der Waals surface area contributed by atoms with Crippen molar-refractivity contribution in [3.05, 3.63) is 92.3 Å². The van der Waals surface area contributed by atoms with E-state index in [1.165, 1.54) is 22.8 Å². The number of benzene rings is 1. The fraction of sp³-hybridized carbons (Fsp3) is 0.296. The molecule has 0 aliphatic carbocycles. The molecule has 1 aromatic carbocycles. The molecule has 10 heteroatoms. The Balaban J connectivity index is 1.15. The number of nitrogens with zero attached hydrogens (tertiary/aromatic N) is 4. The minimum absolute atomic E-state index is 0.0443. The van der Waals surface area contributed by atoms with E-state index in [2.05, 4.69) is 10.1 Å². The quantitative estimate of drug-likeness (QED) is 0.446. The second-order valence-electron chi connectivity index (χ2n) is 9.59. The average molecular weight is 499 g/mol. The summed E-state index contributed by atoms with van der Waals surface area (Å²) in [6.07, 6.45) is 3.03. The molecule has 2 aliphatic rings. The van der Waals surface area contributed by atoms with Crippen molar-refractivity contribution < 1.29 is 9.59 Å². The molecule has 0 radical (unpaired) electrons. The fourth-order valence-corrected chi connectivity index (χ4v) is 5.26. The van der Waals surface area contributed by atoms with Crippen molar-refractivity contribution in [3.63, 3.8) is 0 Å². The van der Waals surface area contributed by atoms with Crippen LogP contribution in [0.25, 0.3) is 16.9 Å². The Kier molecular flexibility index (Phi) is 5.71. The smallest absolute Gasteiger partial charge is 0.276 e. The third kappa shape index (κ3) is 4.24. The number of piperidine rings is 1. The van der Waals surface area contributed by atoms with E-state index in [0.29, 0.717) is 67.9 Å². The van der Waals surface area contributed by atoms with Gasteiger partial charge in [0, 0.05) is 49.4 Å². The van der Waals surface area contributed by atoms with E-state index in [-0.39, 0.29) is 28.9 Å². The van der Waals surface area contributed by atoms with E-state index in [1.54, 1.807) is 9.80 Å². The molecule has 0 spiro atoms. The Morgan fingerprint density at radius 3 is 2.46 bits per heavy atom. The number of carbonyl (C=O) groups excluding carboxylic acids is 2. The highest BCUT2D eigenvalue weighted by atomic mass is 16.2. The molecule has 1 fully saturated rings. The van der Waals surface area contributed by atoms with Crippen LogP contribution < -0.4 is 11.1 Å². The van der Waals surface area contributed by atoms with Gasteiger partial charge in [0.15, 0.2) is 5.65 Å². The van der Waals surface area contributed by atoms with Crippen molar-refractivity contribution in [2.75, 3.05) is 19.6 Å². The summed E-state index contributed by atoms with van der Waals surface area (Å²) in [5.41, 5.74) is 3.65. The first-order chi connectivity index (χ1) is 18.0. The molecule has 4 aromatic rings. The molecule has 188 valence electrons. The number of aromatic amines is 2. The highest BCUT2D eigenvalue weighted by Gasteiger charge is 2.33. The topological polar surface area (TPSA) is 124 Å². The van der Waals surface area contributed by atoms with Crippen LogP contribution in [0, 0.1) is 5.92 Å². The van der Waals surface area contributed by atoms with Crippen LogP contribution >= 0.6 is 0 Å². The molecular formula is C27H26N6O4. The Hall–Kier alpha value is -4.47. The zero-order valence-electron chi connectivity index (χ0n) is 20.1. The van der Waals surface area contributed by atoms with Crippen molar-refractivity contribution in [3.8, 4) is 11.3 Å². The number of fused-ring (bicyclic) bond motifs is 2. The van der Waals surface area contributed by atoms with Gasteiger partial charge >= 0.3 is 0 Å². The van der Waals surface area contributed by atoms with Crippen molar-refractivity contribution in [1.82, 2.24) is 29.4 Å². The van der Waals surface area contributed by atoms with Gasteiger partial charge in [-0.05, 0) is 30.9 Å². The number of carbonyl (C=O) groups is 2. The maximum absolute atomic E-state index is 13.4. The molecular weight excluding hydrogens is 472 g/mol. The third-order valence-electron chi connectivity index (χ3n) is 7.33. The number of hydrogen-bond donors (Lipinski definition) is 2. The molecule has 0 bridgehead atoms. The van der Waals surface area contributed by atoms with Crippen LogP contribution in [-0.4, -0.2) is 60.8 Å². The van der Waals surface area contributed by atoms with Crippen molar-refractivity contribution >= 4 is 17.5 Å². The first-order valence-electron chi connectivity index (χ1n) is 12.4. The van der Waals surface area contributed by atoms with Crippen LogP contribution in [0.4, 0.5) is 0 Å². The number of rotatable bonds is 3. The highest BCUT2D eigenvalue weighted by Crippen LogP contribution is 2.25. The SMILES string of the molecule is O=C(c1ccc(=O)[nH]c1)N1CCC(C(=O)N2CCc3c(nc4cc(-c5ccccc5)[nH]n4c3=O)C2)CC1. The second-order valence-corrected chi connectivity index (χ2v) is 9.59. The zero-order chi connectivity index (χ0) is 25.5. The molecule has 10 nitrogen and oxygen atoms in total. The standard InChI is InChI=1S/C27H26N6O4/c34-24-7-6-19(15-28-24)26(36)31-11-8-18(9-12-31)25(35)32-13-10-20-22(16-32)29-23-14-21(30-33(23)27(20)37)17-4-2-1-3-5-17/h1-7,14-15,18,30H,8-13,16H2,(H,28,34). The van der Waals surface area contributed by atoms with Gasteiger partial charge in [-0.15, -0.1) is 0 Å². The van der Waals surface area contributed by atoms with Gasteiger partial charge in [-0.25, -0.2) is 9.50 Å². The summed E-state index contributed by atoms with van der Waals surface area (Å²) in [6.45, 7) is 1.73. The number of nitrogens with one attached hydrogen (secondary N) is 2. The molecule has 0 unspecified atom stereocenters. The lowest BCUT2D eigenvalue weighted by molar-refractivity contribution is -0.138. The van der Waals surface area contributed by atoms with E-state index in [4.69, 9.17) is 4.98 Å². The second kappa shape index (κ2) is 9.20. The third-order valence-corrected chi connectivity index (χ3v) is 7.33. The van der Waals surface area contributed by atoms with Crippen LogP contribution in [0.3, 0.4) is 0 Å². The zero-order valence-corrected chi connectivity index (χ0v) is 20.1. The Morgan fingerprint density at radius 2 is 1.73 bits per heavy atom. The molecule has 37 heavy (non-hydrogen) atoms. The fourth-order valence-electron chi connectivity index (χ4n) is 5.26. The lowest BCUT2D eigenvalue weighted by Gasteiger charge is -2.35. The van der Waals surface area contributed by atoms with Gasteiger partial charge in [0.25, 0.3) is 11.5 Å². The number of pyridine rings is 1. The molecule has 2 N–H and O–H groups in total. The normalized spacial score (nSPS) is 16.1. The molecule has 6 rings (SSSR count). The minimum Gasteiger partial charge on any atom is -0.339 e. The van der Waals surface area contributed by atoms with Gasteiger partial charge in [0.05, 0.1) is 23.5 Å². The number of amides is 2. The van der Waals surface area contributed by atoms with E-state index in [9.17, 15) is 19.2 Å². The van der Waals surface area contributed by atoms with Crippen LogP contribution in [-0.2, 0) is 17.8 Å². The maximum Gasteiger partial charge on any atom is 0.276 e. The highest BCUT2D eigenvalue weighted by molar-refractivity contribution is 5.94. The summed E-state index contributed by atoms with van der Waals surface area (Å²) >= 11 is 0. The summed E-state index contributed by atoms with van der Waals surface area (Å²) in [5.74, 6) is -0.283. The number of likely N-dealkylation sites (tertiary alicyclic amines) is 1. The molecule has 2 aliphatic heterocycles. The molecule has 1 saturated heterocycles. The van der Waals surface area contributed by atoms with Gasteiger partial charge in [0.2, 0.25) is 11.5 Å². The van der Waals surface area contributed by atoms with Crippen molar-refractivity contribution in [2.45, 2.75) is 25.8 Å². The van der Waals surface area contributed by atoms with Crippen LogP contribution in [0.5, 0.6) is 0 Å². The molecule has 5 heterocycles. The van der Waals surface area contributed by atoms with Gasteiger partial charge in [-0.1, -0.05) is 30.3 Å². The first kappa shape index (κ1) is 23.0. The lowest BCUT2D eigenvalue weighted by Crippen LogP contribution is -2.46. The van der Waals surface area contributed by atoms with E-state index in [1.807, 2.05) is 36.4 Å². The summed E-state index contributed by atoms with van der Waals surface area (Å²) in [4.78, 5) is 61.3. The minimum atomic E-state index is -0.255. The van der Waals surface area contributed by atoms with Crippen molar-refractivity contribution in [1.29, 1.82) is 0 Å². The molecule has 2 amide bonds. The molecule has 3 aromatic heterocycles. The van der Waals surface area contributed by atoms with Crippen molar-refractivity contribution in [2.24, 2.45) is 5.92 Å². The largest absolute Gasteiger partial charge is 0.339 e. The molecule has 0 atom stereocenters. The average Bonchev–Trinajstić information content (AvgIpc) is 3.38. The summed E-state index contributed by atoms with van der Waals surface area (Å²) in [7, 11) is 0. The predicted molar refractivity (Wildman–Crippen MR) is 136 cm³/mol. The number of aromatic nitrogens is 4. The summed E-state index contributed by atoms with van der Waals surface area (Å²) in [6, 6.07) is 14.5. The first-order valence-corrected chi connectivity index (χ1v) is 12.4. The van der Waals surface area contributed by atoms with Gasteiger partial charge in [0.1, 0.15) is 0 Å². The van der Waals surface area contributed by atoms with Crippen LogP contribution in [0.1, 0.15) is 34.5 Å². The van der Waals surface area contributed by atoms with Gasteiger partial charge in [-0.2, -0.15) is 0 Å². The summed E-state index contributed by atoms with van der Waals surface area (Å²) < 4.78 is 1.48. The summed E-state index contributed by atoms with van der Waals surface area (Å²) in [5, 5.41) is 3.16. The Morgan fingerprint density at radius 1 is 0.946 bits per heavy atom. The lowest BCUT2D eigenvalue weighted by atomic mass is 9.93. The van der Waals surface area contributed by atoms with Crippen LogP contribution in [0.2, 0.25) is 0 Å². The van der Waals surface area contributed by atoms with E-state index in [0.717, 1.165) is 11.3 Å². The Labute approximate surface area is 211 Å². The maximum atomic E-state index is 13.4.